The van der Waals surface area contributed by atoms with Crippen molar-refractivity contribution in [3.8, 4) is 0 Å². The van der Waals surface area contributed by atoms with Gasteiger partial charge in [-0.2, -0.15) is 0 Å². The Bertz CT molecular complexity index is 323. The van der Waals surface area contributed by atoms with Crippen LogP contribution in [0.4, 0.5) is 0 Å². The third-order valence-corrected chi connectivity index (χ3v) is 3.84. The average Bonchev–Trinajstić information content (AvgIpc) is 2.26. The molecule has 118 valence electrons. The summed E-state index contributed by atoms with van der Waals surface area (Å²) in [5.74, 6) is 0.148. The van der Waals surface area contributed by atoms with Gasteiger partial charge in [0.15, 0.2) is 0 Å². The van der Waals surface area contributed by atoms with E-state index in [0.29, 0.717) is 13.0 Å². The second kappa shape index (κ2) is 6.41. The number of piperazine rings is 1. The van der Waals surface area contributed by atoms with Gasteiger partial charge in [-0.25, -0.2) is 0 Å². The van der Waals surface area contributed by atoms with E-state index in [2.05, 4.69) is 25.7 Å². The molecule has 0 aromatic heterocycles. The van der Waals surface area contributed by atoms with Gasteiger partial charge in [-0.3, -0.25) is 9.69 Å². The van der Waals surface area contributed by atoms with Crippen molar-refractivity contribution < 1.29 is 9.90 Å². The number of nitrogens with two attached hydrogens (primary N) is 1. The number of aliphatic hydroxyl groups is 1. The summed E-state index contributed by atoms with van der Waals surface area (Å²) in [4.78, 5) is 16.3. The van der Waals surface area contributed by atoms with E-state index >= 15 is 0 Å². The number of carbonyl (C=O) groups is 1. The van der Waals surface area contributed by atoms with E-state index in [0.717, 1.165) is 26.2 Å². The summed E-state index contributed by atoms with van der Waals surface area (Å²) in [5.41, 5.74) is 5.35. The molecule has 1 aliphatic heterocycles. The average molecular weight is 285 g/mol. The number of rotatable bonds is 4. The monoisotopic (exact) mass is 285 g/mol. The molecule has 20 heavy (non-hydrogen) atoms. The van der Waals surface area contributed by atoms with E-state index in [1.807, 2.05) is 18.7 Å². The normalized spacial score (nSPS) is 20.1. The smallest absolute Gasteiger partial charge is 0.224 e. The number of nitrogens with zero attached hydrogens (tertiary/aromatic N) is 2. The van der Waals surface area contributed by atoms with Crippen LogP contribution >= 0.6 is 0 Å². The third kappa shape index (κ3) is 5.77. The zero-order valence-corrected chi connectivity index (χ0v) is 13.6. The summed E-state index contributed by atoms with van der Waals surface area (Å²) in [7, 11) is 0. The van der Waals surface area contributed by atoms with E-state index in [9.17, 15) is 9.90 Å². The minimum atomic E-state index is -0.680. The van der Waals surface area contributed by atoms with Gasteiger partial charge in [0.05, 0.1) is 5.60 Å². The zero-order valence-electron chi connectivity index (χ0n) is 13.6. The van der Waals surface area contributed by atoms with Gasteiger partial charge in [-0.15, -0.1) is 0 Å². The molecule has 0 aromatic rings. The van der Waals surface area contributed by atoms with Gasteiger partial charge in [-0.05, 0) is 19.3 Å². The highest BCUT2D eigenvalue weighted by Crippen LogP contribution is 2.20. The summed E-state index contributed by atoms with van der Waals surface area (Å²) < 4.78 is 0. The molecule has 3 N–H and O–H groups in total. The van der Waals surface area contributed by atoms with Crippen molar-refractivity contribution in [2.75, 3.05) is 32.7 Å². The summed E-state index contributed by atoms with van der Waals surface area (Å²) in [6.45, 7) is 13.6. The van der Waals surface area contributed by atoms with Crippen LogP contribution in [0.3, 0.4) is 0 Å². The SMILES string of the molecule is CC(C)(O)CN1CCN(C(=O)CC(N)C(C)(C)C)CC1. The first-order valence-corrected chi connectivity index (χ1v) is 7.47. The third-order valence-electron chi connectivity index (χ3n) is 3.84. The second-order valence-electron chi connectivity index (χ2n) is 7.65. The maximum atomic E-state index is 12.2. The van der Waals surface area contributed by atoms with Gasteiger partial charge in [0.25, 0.3) is 0 Å². The predicted octanol–water partition coefficient (Wildman–Crippen LogP) is 0.665. The molecule has 1 atom stereocenters. The Morgan fingerprint density at radius 3 is 2.05 bits per heavy atom. The fraction of sp³-hybridized carbons (Fsp3) is 0.933. The van der Waals surface area contributed by atoms with Crippen molar-refractivity contribution >= 4 is 5.91 Å². The number of amides is 1. The minimum absolute atomic E-state index is 0.0433. The molecule has 0 spiro atoms. The molecule has 1 aliphatic rings. The van der Waals surface area contributed by atoms with Gasteiger partial charge in [-0.1, -0.05) is 20.8 Å². The molecular formula is C15H31N3O2. The zero-order chi connectivity index (χ0) is 15.6. The first-order valence-electron chi connectivity index (χ1n) is 7.47. The summed E-state index contributed by atoms with van der Waals surface area (Å²) >= 11 is 0. The lowest BCUT2D eigenvalue weighted by Crippen LogP contribution is -2.53. The molecule has 0 aliphatic carbocycles. The Balaban J connectivity index is 2.40. The maximum absolute atomic E-state index is 12.2. The highest BCUT2D eigenvalue weighted by atomic mass is 16.3. The molecule has 5 nitrogen and oxygen atoms in total. The first-order chi connectivity index (χ1) is 8.99. The highest BCUT2D eigenvalue weighted by Gasteiger charge is 2.28. The van der Waals surface area contributed by atoms with Crippen molar-refractivity contribution in [3.05, 3.63) is 0 Å². The summed E-state index contributed by atoms with van der Waals surface area (Å²) in [6.07, 6.45) is 0.412. The van der Waals surface area contributed by atoms with E-state index in [-0.39, 0.29) is 17.4 Å². The molecule has 1 fully saturated rings. The van der Waals surface area contributed by atoms with Gasteiger partial charge in [0, 0.05) is 45.2 Å². The maximum Gasteiger partial charge on any atom is 0.224 e. The van der Waals surface area contributed by atoms with Crippen LogP contribution in [-0.4, -0.2) is 65.2 Å². The second-order valence-corrected chi connectivity index (χ2v) is 7.65. The Morgan fingerprint density at radius 1 is 1.15 bits per heavy atom. The lowest BCUT2D eigenvalue weighted by atomic mass is 9.85. The Hall–Kier alpha value is -0.650. The fourth-order valence-corrected chi connectivity index (χ4v) is 2.33. The fourth-order valence-electron chi connectivity index (χ4n) is 2.33. The number of β-amino-alcohol motifs (C(OH)–C–C–N with tert-alkyl or cyclic N) is 1. The molecule has 5 heteroatoms. The quantitative estimate of drug-likeness (QED) is 0.796. The van der Waals surface area contributed by atoms with Gasteiger partial charge in [0.1, 0.15) is 0 Å². The molecule has 1 saturated heterocycles. The van der Waals surface area contributed by atoms with Crippen LogP contribution in [0.5, 0.6) is 0 Å². The molecule has 1 amide bonds. The number of hydrogen-bond acceptors (Lipinski definition) is 4. The standard InChI is InChI=1S/C15H31N3O2/c1-14(2,3)12(16)10-13(19)18-8-6-17(7-9-18)11-15(4,5)20/h12,20H,6-11,16H2,1-5H3. The van der Waals surface area contributed by atoms with Crippen molar-refractivity contribution in [1.82, 2.24) is 9.80 Å². The first kappa shape index (κ1) is 17.4. The van der Waals surface area contributed by atoms with Crippen LogP contribution in [0, 0.1) is 5.41 Å². The molecule has 1 unspecified atom stereocenters. The van der Waals surface area contributed by atoms with Gasteiger partial charge >= 0.3 is 0 Å². The largest absolute Gasteiger partial charge is 0.389 e. The molecular weight excluding hydrogens is 254 g/mol. The molecule has 0 saturated carbocycles. The molecule has 0 bridgehead atoms. The van der Waals surface area contributed by atoms with Crippen LogP contribution in [0.2, 0.25) is 0 Å². The van der Waals surface area contributed by atoms with Crippen molar-refractivity contribution in [3.63, 3.8) is 0 Å². The predicted molar refractivity (Wildman–Crippen MR) is 81.4 cm³/mol. The van der Waals surface area contributed by atoms with Crippen molar-refractivity contribution in [2.45, 2.75) is 52.7 Å². The Morgan fingerprint density at radius 2 is 1.65 bits per heavy atom. The summed E-state index contributed by atoms with van der Waals surface area (Å²) in [6, 6.07) is -0.107. The highest BCUT2D eigenvalue weighted by molar-refractivity contribution is 5.77. The van der Waals surface area contributed by atoms with Crippen LogP contribution in [0.15, 0.2) is 0 Å². The van der Waals surface area contributed by atoms with Crippen molar-refractivity contribution in [2.24, 2.45) is 11.1 Å². The van der Waals surface area contributed by atoms with E-state index in [1.54, 1.807) is 0 Å². The number of carbonyl (C=O) groups excluding carboxylic acids is 1. The van der Waals surface area contributed by atoms with Crippen LogP contribution in [0.1, 0.15) is 41.0 Å². The summed E-state index contributed by atoms with van der Waals surface area (Å²) in [5, 5.41) is 9.81. The molecule has 0 radical (unpaired) electrons. The Kier molecular flexibility index (Phi) is 5.58. The van der Waals surface area contributed by atoms with Crippen LogP contribution < -0.4 is 5.73 Å². The van der Waals surface area contributed by atoms with Crippen LogP contribution in [-0.2, 0) is 4.79 Å². The molecule has 1 heterocycles. The van der Waals surface area contributed by atoms with Gasteiger partial charge in [0.2, 0.25) is 5.91 Å². The Labute approximate surface area is 123 Å². The molecule has 0 aromatic carbocycles. The number of hydrogen-bond donors (Lipinski definition) is 2. The van der Waals surface area contributed by atoms with Crippen LogP contribution in [0.25, 0.3) is 0 Å². The van der Waals surface area contributed by atoms with Gasteiger partial charge < -0.3 is 15.7 Å². The van der Waals surface area contributed by atoms with Crippen molar-refractivity contribution in [1.29, 1.82) is 0 Å². The van der Waals surface area contributed by atoms with E-state index in [1.165, 1.54) is 0 Å². The van der Waals surface area contributed by atoms with E-state index in [4.69, 9.17) is 5.73 Å². The topological polar surface area (TPSA) is 69.8 Å². The van der Waals surface area contributed by atoms with E-state index < -0.39 is 5.60 Å². The molecule has 1 rings (SSSR count). The lowest BCUT2D eigenvalue weighted by molar-refractivity contribution is -0.134. The lowest BCUT2D eigenvalue weighted by Gasteiger charge is -2.38. The minimum Gasteiger partial charge on any atom is -0.389 e.